The molecule has 112 valence electrons. The first-order chi connectivity index (χ1) is 10.3. The number of morpholine rings is 1. The van der Waals surface area contributed by atoms with Crippen LogP contribution in [0.15, 0.2) is 17.5 Å². The topological polar surface area (TPSA) is 67.4 Å². The number of nitrogens with one attached hydrogen (secondary N) is 1. The highest BCUT2D eigenvalue weighted by Gasteiger charge is 2.13. The Morgan fingerprint density at radius 1 is 1.38 bits per heavy atom. The highest BCUT2D eigenvalue weighted by molar-refractivity contribution is 7.15. The van der Waals surface area contributed by atoms with Crippen molar-refractivity contribution >= 4 is 33.7 Å². The molecular weight excluding hydrogens is 308 g/mol. The lowest BCUT2D eigenvalue weighted by atomic mass is 10.3. The van der Waals surface area contributed by atoms with Crippen LogP contribution in [0.1, 0.15) is 14.7 Å². The minimum atomic E-state index is -0.124. The number of hydrogen-bond acceptors (Lipinski definition) is 7. The van der Waals surface area contributed by atoms with Gasteiger partial charge < -0.3 is 4.74 Å². The molecule has 3 rings (SSSR count). The van der Waals surface area contributed by atoms with Crippen molar-refractivity contribution in [1.29, 1.82) is 0 Å². The first-order valence-corrected chi connectivity index (χ1v) is 8.48. The van der Waals surface area contributed by atoms with Crippen LogP contribution in [0.3, 0.4) is 0 Å². The molecule has 1 N–H and O–H groups in total. The molecule has 0 radical (unpaired) electrons. The Kier molecular flexibility index (Phi) is 4.91. The summed E-state index contributed by atoms with van der Waals surface area (Å²) in [4.78, 5) is 14.9. The lowest BCUT2D eigenvalue weighted by Crippen LogP contribution is -2.37. The molecule has 6 nitrogen and oxygen atoms in total. The van der Waals surface area contributed by atoms with Gasteiger partial charge in [-0.15, -0.1) is 21.5 Å². The van der Waals surface area contributed by atoms with Gasteiger partial charge in [-0.05, 0) is 11.4 Å². The third-order valence-electron chi connectivity index (χ3n) is 3.18. The van der Waals surface area contributed by atoms with Crippen molar-refractivity contribution in [1.82, 2.24) is 15.1 Å². The summed E-state index contributed by atoms with van der Waals surface area (Å²) in [6, 6.07) is 3.65. The summed E-state index contributed by atoms with van der Waals surface area (Å²) < 4.78 is 5.32. The average molecular weight is 324 g/mol. The Morgan fingerprint density at radius 2 is 2.24 bits per heavy atom. The summed E-state index contributed by atoms with van der Waals surface area (Å²) in [6.07, 6.45) is 0.854. The Morgan fingerprint density at radius 3 is 3.00 bits per heavy atom. The van der Waals surface area contributed by atoms with Crippen LogP contribution in [0.2, 0.25) is 0 Å². The summed E-state index contributed by atoms with van der Waals surface area (Å²) in [6.45, 7) is 4.51. The fraction of sp³-hybridized carbons (Fsp3) is 0.462. The standard InChI is InChI=1S/C13H16N4O2S2/c18-12(10-2-1-9-20-10)14-13-16-15-11(21-13)3-4-17-5-7-19-8-6-17/h1-2,9H,3-8H2,(H,14,16,18). The monoisotopic (exact) mass is 324 g/mol. The van der Waals surface area contributed by atoms with E-state index in [4.69, 9.17) is 4.74 Å². The van der Waals surface area contributed by atoms with E-state index in [2.05, 4.69) is 20.4 Å². The van der Waals surface area contributed by atoms with Gasteiger partial charge in [0, 0.05) is 26.1 Å². The fourth-order valence-electron chi connectivity index (χ4n) is 2.05. The molecular formula is C13H16N4O2S2. The van der Waals surface area contributed by atoms with Gasteiger partial charge in [0.2, 0.25) is 5.13 Å². The number of rotatable bonds is 5. The van der Waals surface area contributed by atoms with Gasteiger partial charge in [0.05, 0.1) is 18.1 Å². The Hall–Kier alpha value is -1.35. The maximum Gasteiger partial charge on any atom is 0.267 e. The van der Waals surface area contributed by atoms with Gasteiger partial charge in [0.1, 0.15) is 5.01 Å². The molecule has 0 unspecified atom stereocenters. The van der Waals surface area contributed by atoms with Gasteiger partial charge in [0.15, 0.2) is 0 Å². The normalized spacial score (nSPS) is 16.0. The number of carbonyl (C=O) groups excluding carboxylic acids is 1. The van der Waals surface area contributed by atoms with E-state index in [9.17, 15) is 4.79 Å². The van der Waals surface area contributed by atoms with E-state index in [0.29, 0.717) is 10.0 Å². The highest BCUT2D eigenvalue weighted by Crippen LogP contribution is 2.18. The summed E-state index contributed by atoms with van der Waals surface area (Å²) in [5, 5.41) is 14.3. The van der Waals surface area contributed by atoms with Gasteiger partial charge in [0.25, 0.3) is 5.91 Å². The molecule has 1 amide bonds. The molecule has 3 heterocycles. The van der Waals surface area contributed by atoms with E-state index in [1.54, 1.807) is 6.07 Å². The van der Waals surface area contributed by atoms with Gasteiger partial charge >= 0.3 is 0 Å². The maximum atomic E-state index is 11.9. The third kappa shape index (κ3) is 4.07. The Labute approximate surface area is 130 Å². The molecule has 1 aliphatic rings. The molecule has 0 atom stereocenters. The van der Waals surface area contributed by atoms with Crippen LogP contribution in [0.25, 0.3) is 0 Å². The predicted molar refractivity (Wildman–Crippen MR) is 83.1 cm³/mol. The van der Waals surface area contributed by atoms with E-state index in [-0.39, 0.29) is 5.91 Å². The van der Waals surface area contributed by atoms with E-state index >= 15 is 0 Å². The summed E-state index contributed by atoms with van der Waals surface area (Å²) in [7, 11) is 0. The van der Waals surface area contributed by atoms with Gasteiger partial charge in [-0.3, -0.25) is 15.0 Å². The van der Waals surface area contributed by atoms with Crippen molar-refractivity contribution < 1.29 is 9.53 Å². The molecule has 1 saturated heterocycles. The number of ether oxygens (including phenoxy) is 1. The minimum absolute atomic E-state index is 0.124. The number of anilines is 1. The van der Waals surface area contributed by atoms with Gasteiger partial charge in [-0.25, -0.2) is 0 Å². The molecule has 0 saturated carbocycles. The zero-order chi connectivity index (χ0) is 14.5. The molecule has 21 heavy (non-hydrogen) atoms. The second kappa shape index (κ2) is 7.08. The van der Waals surface area contributed by atoms with E-state index in [1.165, 1.54) is 22.7 Å². The number of amides is 1. The Bertz CT molecular complexity index is 579. The average Bonchev–Trinajstić information content (AvgIpc) is 3.18. The molecule has 0 spiro atoms. The minimum Gasteiger partial charge on any atom is -0.379 e. The van der Waals surface area contributed by atoms with Crippen LogP contribution >= 0.6 is 22.7 Å². The highest BCUT2D eigenvalue weighted by atomic mass is 32.1. The number of hydrogen-bond donors (Lipinski definition) is 1. The summed E-state index contributed by atoms with van der Waals surface area (Å²) in [5.41, 5.74) is 0. The van der Waals surface area contributed by atoms with E-state index in [0.717, 1.165) is 44.3 Å². The van der Waals surface area contributed by atoms with Crippen LogP contribution in [-0.4, -0.2) is 53.9 Å². The molecule has 2 aromatic heterocycles. The first-order valence-electron chi connectivity index (χ1n) is 6.78. The lowest BCUT2D eigenvalue weighted by molar-refractivity contribution is 0.0384. The molecule has 1 fully saturated rings. The van der Waals surface area contributed by atoms with Gasteiger partial charge in [-0.1, -0.05) is 17.4 Å². The van der Waals surface area contributed by atoms with Gasteiger partial charge in [-0.2, -0.15) is 0 Å². The Balaban J connectivity index is 1.50. The van der Waals surface area contributed by atoms with Crippen LogP contribution in [0.4, 0.5) is 5.13 Å². The second-order valence-corrected chi connectivity index (χ2v) is 6.65. The van der Waals surface area contributed by atoms with Crippen molar-refractivity contribution in [2.24, 2.45) is 0 Å². The second-order valence-electron chi connectivity index (χ2n) is 4.64. The number of aromatic nitrogens is 2. The zero-order valence-corrected chi connectivity index (χ0v) is 13.1. The number of thiophene rings is 1. The smallest absolute Gasteiger partial charge is 0.267 e. The van der Waals surface area contributed by atoms with Crippen molar-refractivity contribution in [3.05, 3.63) is 27.4 Å². The van der Waals surface area contributed by atoms with E-state index in [1.807, 2.05) is 11.4 Å². The molecule has 0 bridgehead atoms. The largest absolute Gasteiger partial charge is 0.379 e. The molecule has 0 aromatic carbocycles. The van der Waals surface area contributed by atoms with Crippen molar-refractivity contribution in [2.45, 2.75) is 6.42 Å². The molecule has 8 heteroatoms. The number of nitrogens with zero attached hydrogens (tertiary/aromatic N) is 3. The van der Waals surface area contributed by atoms with Crippen molar-refractivity contribution in [2.75, 3.05) is 38.2 Å². The lowest BCUT2D eigenvalue weighted by Gasteiger charge is -2.25. The first kappa shape index (κ1) is 14.6. The van der Waals surface area contributed by atoms with Crippen LogP contribution < -0.4 is 5.32 Å². The van der Waals surface area contributed by atoms with Crippen molar-refractivity contribution in [3.63, 3.8) is 0 Å². The van der Waals surface area contributed by atoms with Crippen LogP contribution in [0.5, 0.6) is 0 Å². The van der Waals surface area contributed by atoms with Crippen molar-refractivity contribution in [3.8, 4) is 0 Å². The van der Waals surface area contributed by atoms with Crippen LogP contribution in [-0.2, 0) is 11.2 Å². The van der Waals surface area contributed by atoms with E-state index < -0.39 is 0 Å². The predicted octanol–water partition coefficient (Wildman–Crippen LogP) is 1.73. The van der Waals surface area contributed by atoms with Crippen LogP contribution in [0, 0.1) is 0 Å². The third-order valence-corrected chi connectivity index (χ3v) is 4.94. The molecule has 1 aliphatic heterocycles. The quantitative estimate of drug-likeness (QED) is 0.907. The molecule has 2 aromatic rings. The number of carbonyl (C=O) groups is 1. The summed E-state index contributed by atoms with van der Waals surface area (Å²) in [5.74, 6) is -0.124. The molecule has 0 aliphatic carbocycles. The SMILES string of the molecule is O=C(Nc1nnc(CCN2CCOCC2)s1)c1cccs1. The zero-order valence-electron chi connectivity index (χ0n) is 11.4. The summed E-state index contributed by atoms with van der Waals surface area (Å²) >= 11 is 2.85. The maximum absolute atomic E-state index is 11.9. The fourth-order valence-corrected chi connectivity index (χ4v) is 3.39.